The average Bonchev–Trinajstić information content (AvgIpc) is 2.85. The molecule has 0 aromatic carbocycles. The molecule has 0 spiro atoms. The highest BCUT2D eigenvalue weighted by atomic mass is 16.2. The van der Waals surface area contributed by atoms with E-state index in [0.717, 1.165) is 18.2 Å². The predicted molar refractivity (Wildman–Crippen MR) is 66.1 cm³/mol. The van der Waals surface area contributed by atoms with Gasteiger partial charge in [-0.05, 0) is 24.8 Å². The van der Waals surface area contributed by atoms with Gasteiger partial charge >= 0.3 is 0 Å². The van der Waals surface area contributed by atoms with Crippen LogP contribution in [0.15, 0.2) is 24.7 Å². The summed E-state index contributed by atoms with van der Waals surface area (Å²) in [5.74, 6) is 0.603. The van der Waals surface area contributed by atoms with Crippen LogP contribution in [0.1, 0.15) is 23.3 Å². The maximum atomic E-state index is 11.9. The Morgan fingerprint density at radius 2 is 2.33 bits per heavy atom. The SMILES string of the molecule is Cn1nccc1C(=O)Nc1cnn(CC2CC2)c1. The molecule has 2 heterocycles. The third-order valence-electron chi connectivity index (χ3n) is 3.09. The fraction of sp³-hybridized carbons (Fsp3) is 0.417. The molecule has 1 saturated carbocycles. The van der Waals surface area contributed by atoms with Crippen molar-refractivity contribution in [3.63, 3.8) is 0 Å². The maximum absolute atomic E-state index is 11.9. The summed E-state index contributed by atoms with van der Waals surface area (Å²) in [6.45, 7) is 0.946. The fourth-order valence-corrected chi connectivity index (χ4v) is 1.88. The van der Waals surface area contributed by atoms with Crippen molar-refractivity contribution in [1.29, 1.82) is 0 Å². The molecule has 94 valence electrons. The summed E-state index contributed by atoms with van der Waals surface area (Å²) in [7, 11) is 1.74. The second kappa shape index (κ2) is 4.29. The van der Waals surface area contributed by atoms with Crippen molar-refractivity contribution >= 4 is 11.6 Å². The zero-order valence-corrected chi connectivity index (χ0v) is 10.2. The van der Waals surface area contributed by atoms with Crippen molar-refractivity contribution in [3.05, 3.63) is 30.4 Å². The Bertz CT molecular complexity index is 567. The minimum absolute atomic E-state index is 0.166. The summed E-state index contributed by atoms with van der Waals surface area (Å²) >= 11 is 0. The van der Waals surface area contributed by atoms with Gasteiger partial charge in [-0.3, -0.25) is 14.2 Å². The molecule has 0 radical (unpaired) electrons. The number of carbonyl (C=O) groups is 1. The number of amides is 1. The number of rotatable bonds is 4. The summed E-state index contributed by atoms with van der Waals surface area (Å²) in [6.07, 6.45) is 7.72. The van der Waals surface area contributed by atoms with Gasteiger partial charge in [-0.2, -0.15) is 10.2 Å². The monoisotopic (exact) mass is 245 g/mol. The predicted octanol–water partition coefficient (Wildman–Crippen LogP) is 1.28. The summed E-state index contributed by atoms with van der Waals surface area (Å²) < 4.78 is 3.43. The molecular formula is C12H15N5O. The van der Waals surface area contributed by atoms with Crippen molar-refractivity contribution in [2.45, 2.75) is 19.4 Å². The summed E-state index contributed by atoms with van der Waals surface area (Å²) in [6, 6.07) is 1.68. The van der Waals surface area contributed by atoms with Gasteiger partial charge in [-0.15, -0.1) is 0 Å². The summed E-state index contributed by atoms with van der Waals surface area (Å²) in [5.41, 5.74) is 1.26. The number of aryl methyl sites for hydroxylation is 1. The molecule has 1 amide bonds. The van der Waals surface area contributed by atoms with E-state index in [1.54, 1.807) is 30.2 Å². The third kappa shape index (κ3) is 2.27. The number of carbonyl (C=O) groups excluding carboxylic acids is 1. The lowest BCUT2D eigenvalue weighted by molar-refractivity contribution is 0.101. The molecular weight excluding hydrogens is 230 g/mol. The van der Waals surface area contributed by atoms with E-state index in [9.17, 15) is 4.79 Å². The quantitative estimate of drug-likeness (QED) is 0.882. The molecule has 0 atom stereocenters. The van der Waals surface area contributed by atoms with E-state index in [2.05, 4.69) is 15.5 Å². The second-order valence-electron chi connectivity index (χ2n) is 4.69. The Labute approximate surface area is 105 Å². The molecule has 0 bridgehead atoms. The molecule has 0 unspecified atom stereocenters. The minimum Gasteiger partial charge on any atom is -0.318 e. The molecule has 18 heavy (non-hydrogen) atoms. The lowest BCUT2D eigenvalue weighted by Gasteiger charge is -2.02. The van der Waals surface area contributed by atoms with Crippen molar-refractivity contribution in [2.75, 3.05) is 5.32 Å². The first-order chi connectivity index (χ1) is 8.72. The van der Waals surface area contributed by atoms with Crippen LogP contribution in [0.4, 0.5) is 5.69 Å². The molecule has 6 nitrogen and oxygen atoms in total. The van der Waals surface area contributed by atoms with E-state index in [-0.39, 0.29) is 5.91 Å². The lowest BCUT2D eigenvalue weighted by atomic mass is 10.4. The van der Waals surface area contributed by atoms with Gasteiger partial charge < -0.3 is 5.32 Å². The van der Waals surface area contributed by atoms with Crippen molar-refractivity contribution < 1.29 is 4.79 Å². The Kier molecular flexibility index (Phi) is 2.62. The molecule has 2 aromatic heterocycles. The van der Waals surface area contributed by atoms with Gasteiger partial charge in [0.1, 0.15) is 5.69 Å². The molecule has 1 N–H and O–H groups in total. The molecule has 3 rings (SSSR count). The normalized spacial score (nSPS) is 14.7. The van der Waals surface area contributed by atoms with Crippen LogP contribution in [0.25, 0.3) is 0 Å². The highest BCUT2D eigenvalue weighted by molar-refractivity contribution is 6.02. The number of aromatic nitrogens is 4. The average molecular weight is 245 g/mol. The Morgan fingerprint density at radius 1 is 1.50 bits per heavy atom. The van der Waals surface area contributed by atoms with Gasteiger partial charge in [0.15, 0.2) is 0 Å². The van der Waals surface area contributed by atoms with Crippen molar-refractivity contribution in [2.24, 2.45) is 13.0 Å². The summed E-state index contributed by atoms with van der Waals surface area (Å²) in [4.78, 5) is 11.9. The first-order valence-corrected chi connectivity index (χ1v) is 6.04. The molecule has 1 fully saturated rings. The molecule has 6 heteroatoms. The Morgan fingerprint density at radius 3 is 3.00 bits per heavy atom. The molecule has 0 saturated heterocycles. The molecule has 1 aliphatic carbocycles. The van der Waals surface area contributed by atoms with Crippen LogP contribution in [-0.2, 0) is 13.6 Å². The molecule has 2 aromatic rings. The number of hydrogen-bond acceptors (Lipinski definition) is 3. The molecule has 1 aliphatic rings. The van der Waals surface area contributed by atoms with Crippen LogP contribution >= 0.6 is 0 Å². The largest absolute Gasteiger partial charge is 0.318 e. The third-order valence-corrected chi connectivity index (χ3v) is 3.09. The summed E-state index contributed by atoms with van der Waals surface area (Å²) in [5, 5.41) is 11.0. The zero-order valence-electron chi connectivity index (χ0n) is 10.2. The van der Waals surface area contributed by atoms with Gasteiger partial charge in [-0.25, -0.2) is 0 Å². The van der Waals surface area contributed by atoms with Gasteiger partial charge in [0, 0.05) is 26.0 Å². The van der Waals surface area contributed by atoms with Crippen LogP contribution in [-0.4, -0.2) is 25.5 Å². The second-order valence-corrected chi connectivity index (χ2v) is 4.69. The zero-order chi connectivity index (χ0) is 12.5. The van der Waals surface area contributed by atoms with E-state index < -0.39 is 0 Å². The van der Waals surface area contributed by atoms with Crippen molar-refractivity contribution in [1.82, 2.24) is 19.6 Å². The fourth-order valence-electron chi connectivity index (χ4n) is 1.88. The minimum atomic E-state index is -0.166. The first-order valence-electron chi connectivity index (χ1n) is 6.04. The number of nitrogens with one attached hydrogen (secondary N) is 1. The van der Waals surface area contributed by atoms with E-state index in [4.69, 9.17) is 0 Å². The van der Waals surface area contributed by atoms with E-state index in [1.165, 1.54) is 12.8 Å². The van der Waals surface area contributed by atoms with Crippen LogP contribution in [0.3, 0.4) is 0 Å². The number of nitrogens with zero attached hydrogens (tertiary/aromatic N) is 4. The first kappa shape index (κ1) is 11.0. The topological polar surface area (TPSA) is 64.7 Å². The van der Waals surface area contributed by atoms with Crippen LogP contribution in [0, 0.1) is 5.92 Å². The van der Waals surface area contributed by atoms with E-state index in [1.807, 2.05) is 10.9 Å². The van der Waals surface area contributed by atoms with E-state index >= 15 is 0 Å². The Hall–Kier alpha value is -2.11. The van der Waals surface area contributed by atoms with Gasteiger partial charge in [0.25, 0.3) is 5.91 Å². The highest BCUT2D eigenvalue weighted by Gasteiger charge is 2.22. The van der Waals surface area contributed by atoms with Crippen LogP contribution < -0.4 is 5.32 Å². The van der Waals surface area contributed by atoms with Gasteiger partial charge in [0.05, 0.1) is 11.9 Å². The van der Waals surface area contributed by atoms with Crippen LogP contribution in [0.5, 0.6) is 0 Å². The van der Waals surface area contributed by atoms with Crippen LogP contribution in [0.2, 0.25) is 0 Å². The number of hydrogen-bond donors (Lipinski definition) is 1. The number of anilines is 1. The molecule has 0 aliphatic heterocycles. The maximum Gasteiger partial charge on any atom is 0.274 e. The standard InChI is InChI=1S/C12H15N5O/c1-16-11(4-5-13-16)12(18)15-10-6-14-17(8-10)7-9-2-3-9/h4-6,8-9H,2-3,7H2,1H3,(H,15,18). The Balaban J connectivity index is 1.66. The lowest BCUT2D eigenvalue weighted by Crippen LogP contribution is -2.15. The van der Waals surface area contributed by atoms with E-state index in [0.29, 0.717) is 5.69 Å². The van der Waals surface area contributed by atoms with Crippen molar-refractivity contribution in [3.8, 4) is 0 Å². The smallest absolute Gasteiger partial charge is 0.274 e. The highest BCUT2D eigenvalue weighted by Crippen LogP contribution is 2.30. The van der Waals surface area contributed by atoms with Gasteiger partial charge in [-0.1, -0.05) is 0 Å². The van der Waals surface area contributed by atoms with Gasteiger partial charge in [0.2, 0.25) is 0 Å².